The summed E-state index contributed by atoms with van der Waals surface area (Å²) in [6.07, 6.45) is 0.121. The number of nitrogen functional groups attached to an aromatic ring is 1. The molecule has 8 amide bonds. The molecule has 5 atom stereocenters. The van der Waals surface area contributed by atoms with Gasteiger partial charge in [-0.05, 0) is 67.7 Å². The monoisotopic (exact) mass is 1130 g/mol. The first-order valence-electron chi connectivity index (χ1n) is 25.9. The van der Waals surface area contributed by atoms with Crippen LogP contribution in [0.1, 0.15) is 75.7 Å². The number of nitrogens with zero attached hydrogens (tertiary/aromatic N) is 4. The summed E-state index contributed by atoms with van der Waals surface area (Å²) < 4.78 is 0. The van der Waals surface area contributed by atoms with E-state index in [1.165, 1.54) is 12.1 Å². The van der Waals surface area contributed by atoms with Crippen molar-refractivity contribution in [2.45, 2.75) is 96.4 Å². The predicted octanol–water partition coefficient (Wildman–Crippen LogP) is -1.36. The first-order chi connectivity index (χ1) is 38.4. The van der Waals surface area contributed by atoms with Gasteiger partial charge in [0.05, 0.1) is 34.6 Å². The average Bonchev–Trinajstić information content (AvgIpc) is 3.40. The van der Waals surface area contributed by atoms with Gasteiger partial charge in [-0.25, -0.2) is 0 Å². The second-order valence-corrected chi connectivity index (χ2v) is 19.2. The summed E-state index contributed by atoms with van der Waals surface area (Å²) in [7, 11) is 0. The number of carbonyl (C=O) groups is 8. The molecule has 30 nitrogen and oxygen atoms in total. The molecule has 3 rings (SSSR count). The number of nitro groups is 2. The third-order valence-corrected chi connectivity index (χ3v) is 11.9. The Kier molecular flexibility index (Phi) is 27.2. The quantitative estimate of drug-likeness (QED) is 0.00820. The fourth-order valence-electron chi connectivity index (χ4n) is 7.79. The van der Waals surface area contributed by atoms with Crippen LogP contribution in [0.25, 0.3) is 0 Å². The van der Waals surface area contributed by atoms with E-state index in [-0.39, 0.29) is 99.5 Å². The second-order valence-electron chi connectivity index (χ2n) is 19.2. The zero-order chi connectivity index (χ0) is 60.2. The number of non-ortho nitro benzene ring substituents is 1. The lowest BCUT2D eigenvalue weighted by molar-refractivity contribution is -0.393. The van der Waals surface area contributed by atoms with Gasteiger partial charge in [-0.1, -0.05) is 70.2 Å². The van der Waals surface area contributed by atoms with Gasteiger partial charge in [0.25, 0.3) is 17.3 Å². The molecule has 440 valence electrons. The van der Waals surface area contributed by atoms with Crippen LogP contribution in [0.4, 0.5) is 22.7 Å². The lowest BCUT2D eigenvalue weighted by atomic mass is 10.00. The molecule has 19 N–H and O–H groups in total. The molecular formula is C51H74N18O12. The van der Waals surface area contributed by atoms with Crippen molar-refractivity contribution in [3.05, 3.63) is 104 Å². The topological polar surface area (TPSA) is 486 Å². The molecule has 30 heteroatoms. The van der Waals surface area contributed by atoms with Crippen molar-refractivity contribution in [3.63, 3.8) is 0 Å². The number of carbonyl (C=O) groups excluding carboxylic acids is 8. The summed E-state index contributed by atoms with van der Waals surface area (Å²) >= 11 is 0. The van der Waals surface area contributed by atoms with Crippen molar-refractivity contribution in [2.75, 3.05) is 50.3 Å². The van der Waals surface area contributed by atoms with Crippen LogP contribution in [-0.4, -0.2) is 139 Å². The van der Waals surface area contributed by atoms with Crippen LogP contribution < -0.4 is 76.5 Å². The first kappa shape index (κ1) is 65.6. The highest BCUT2D eigenvalue weighted by Crippen LogP contribution is 2.28. The van der Waals surface area contributed by atoms with Crippen molar-refractivity contribution in [1.29, 1.82) is 0 Å². The highest BCUT2D eigenvalue weighted by molar-refractivity contribution is 6.01. The van der Waals surface area contributed by atoms with E-state index >= 15 is 0 Å². The van der Waals surface area contributed by atoms with Crippen LogP contribution in [0.15, 0.2) is 82.8 Å². The van der Waals surface area contributed by atoms with Crippen molar-refractivity contribution in [3.8, 4) is 0 Å². The van der Waals surface area contributed by atoms with Crippen LogP contribution in [0.2, 0.25) is 0 Å². The van der Waals surface area contributed by atoms with E-state index in [1.807, 2.05) is 0 Å². The van der Waals surface area contributed by atoms with Crippen molar-refractivity contribution >= 4 is 81.9 Å². The maximum Gasteiger partial charge on any atom is 0.299 e. The lowest BCUT2D eigenvalue weighted by Gasteiger charge is -2.28. The first-order valence-corrected chi connectivity index (χ1v) is 25.9. The van der Waals surface area contributed by atoms with Gasteiger partial charge >= 0.3 is 0 Å². The summed E-state index contributed by atoms with van der Waals surface area (Å²) in [6.45, 7) is 5.69. The van der Waals surface area contributed by atoms with E-state index in [0.29, 0.717) is 5.56 Å². The predicted molar refractivity (Wildman–Crippen MR) is 301 cm³/mol. The SMILES string of the molecule is CC(C)C[C@H](NC(=O)[C@H](Cc1ccccc1)NC(=O)CNC(=O)CNC(=O)c1ccccc1N)C(=O)N[C@@H](CCCN=C(N)N)C(=O)N[C@@H](CCCN=C(N)N)C(=O)N[C@H](C(=O)NCCNc1ccc([N+](=O)[O-])cc1[N+](=O)[O-])C(C)C. The molecule has 3 aromatic carbocycles. The molecule has 0 spiro atoms. The van der Waals surface area contributed by atoms with Gasteiger partial charge in [0.15, 0.2) is 11.9 Å². The number of amides is 8. The third-order valence-electron chi connectivity index (χ3n) is 11.9. The number of benzene rings is 3. The maximum absolute atomic E-state index is 14.4. The smallest absolute Gasteiger partial charge is 0.299 e. The molecule has 0 aliphatic carbocycles. The molecule has 0 aromatic heterocycles. The number of anilines is 2. The van der Waals surface area contributed by atoms with Gasteiger partial charge in [-0.2, -0.15) is 0 Å². The number of nitrogens with two attached hydrogens (primary N) is 5. The Morgan fingerprint density at radius 3 is 1.68 bits per heavy atom. The molecule has 81 heavy (non-hydrogen) atoms. The van der Waals surface area contributed by atoms with Gasteiger partial charge in [0.1, 0.15) is 35.9 Å². The van der Waals surface area contributed by atoms with E-state index < -0.39 is 118 Å². The van der Waals surface area contributed by atoms with Gasteiger partial charge in [-0.15, -0.1) is 0 Å². The van der Waals surface area contributed by atoms with Crippen molar-refractivity contribution in [1.82, 2.24) is 42.5 Å². The lowest BCUT2D eigenvalue weighted by Crippen LogP contribution is -2.60. The number of guanidine groups is 2. The molecule has 0 bridgehead atoms. The average molecular weight is 1130 g/mol. The molecule has 3 aromatic rings. The summed E-state index contributed by atoms with van der Waals surface area (Å²) in [6, 6.07) is 11.4. The van der Waals surface area contributed by atoms with E-state index in [4.69, 9.17) is 28.7 Å². The largest absolute Gasteiger partial charge is 0.398 e. The summed E-state index contributed by atoms with van der Waals surface area (Å²) in [5.74, 6) is -7.21. The molecule has 0 aliphatic heterocycles. The number of hydrogen-bond acceptors (Lipinski definition) is 16. The van der Waals surface area contributed by atoms with Crippen molar-refractivity contribution < 1.29 is 48.2 Å². The van der Waals surface area contributed by atoms with Gasteiger partial charge in [0.2, 0.25) is 41.4 Å². The Balaban J connectivity index is 1.82. The minimum atomic E-state index is -1.38. The van der Waals surface area contributed by atoms with Gasteiger partial charge in [0, 0.05) is 44.4 Å². The molecule has 0 aliphatic rings. The van der Waals surface area contributed by atoms with Crippen molar-refractivity contribution in [2.24, 2.45) is 44.8 Å². The molecule has 0 unspecified atom stereocenters. The maximum atomic E-state index is 14.4. The summed E-state index contributed by atoms with van der Waals surface area (Å²) in [4.78, 5) is 138. The number of nitrogens with one attached hydrogen (secondary N) is 9. The Morgan fingerprint density at radius 2 is 1.12 bits per heavy atom. The zero-order valence-corrected chi connectivity index (χ0v) is 45.5. The Bertz CT molecular complexity index is 2730. The van der Waals surface area contributed by atoms with E-state index in [2.05, 4.69) is 57.8 Å². The highest BCUT2D eigenvalue weighted by atomic mass is 16.6. The summed E-state index contributed by atoms with van der Waals surface area (Å²) in [5.41, 5.74) is 27.9. The number of aliphatic imine (C=N–C) groups is 2. The molecule has 0 saturated heterocycles. The molecular weight excluding hydrogens is 1060 g/mol. The van der Waals surface area contributed by atoms with Crippen LogP contribution in [0.5, 0.6) is 0 Å². The number of hydrogen-bond donors (Lipinski definition) is 14. The zero-order valence-electron chi connectivity index (χ0n) is 45.5. The standard InChI is InChI=1S/C51H74N18O12/c1-29(2)24-38(66-48(76)39(25-31-12-6-5-7-13-31)63-42(71)28-61-41(70)27-62-44(72)33-14-8-9-15-34(33)52)47(75)65-36(16-10-20-59-50(53)54)45(73)64-37(17-11-21-60-51(55)56)46(74)67-43(30(3)4)49(77)58-23-22-57-35-19-18-32(68(78)79)26-40(35)69(80)81/h5-9,12-15,18-19,26,29-30,36-39,43,57H,10-11,16-17,20-25,27-28,52H2,1-4H3,(H,58,77)(H,61,70)(H,62,72)(H,63,71)(H,64,73)(H,65,75)(H,66,76)(H,67,74)(H4,53,54,59)(H4,55,56,60)/t36-,37-,38-,39-,43-/m0/s1. The fourth-order valence-corrected chi connectivity index (χ4v) is 7.79. The molecule has 0 fully saturated rings. The van der Waals surface area contributed by atoms with Crippen LogP contribution in [0, 0.1) is 32.1 Å². The fraction of sp³-hybridized carbons (Fsp3) is 0.451. The molecule has 0 heterocycles. The minimum Gasteiger partial charge on any atom is -0.398 e. The van der Waals surface area contributed by atoms with Crippen LogP contribution in [0.3, 0.4) is 0 Å². The number of nitro benzene ring substituents is 2. The number of rotatable bonds is 34. The van der Waals surface area contributed by atoms with Crippen LogP contribution >= 0.6 is 0 Å². The van der Waals surface area contributed by atoms with E-state index in [0.717, 1.165) is 18.2 Å². The van der Waals surface area contributed by atoms with Gasteiger partial charge < -0.3 is 76.5 Å². The molecule has 0 radical (unpaired) electrons. The van der Waals surface area contributed by atoms with E-state index in [9.17, 15) is 58.6 Å². The number of para-hydroxylation sites is 1. The Hall–Kier alpha value is -9.64. The Morgan fingerprint density at radius 1 is 0.580 bits per heavy atom. The van der Waals surface area contributed by atoms with E-state index in [1.54, 1.807) is 70.2 Å². The third kappa shape index (κ3) is 23.9. The van der Waals surface area contributed by atoms with Crippen LogP contribution in [-0.2, 0) is 40.0 Å². The minimum absolute atomic E-state index is 0.0286. The Labute approximate surface area is 467 Å². The summed E-state index contributed by atoms with van der Waals surface area (Å²) in [5, 5.41) is 46.4. The molecule has 0 saturated carbocycles. The second kappa shape index (κ2) is 33.6. The van der Waals surface area contributed by atoms with Gasteiger partial charge in [-0.3, -0.25) is 68.6 Å². The normalized spacial score (nSPS) is 12.6. The highest BCUT2D eigenvalue weighted by Gasteiger charge is 2.34.